The summed E-state index contributed by atoms with van der Waals surface area (Å²) in [5, 5.41) is 11.7. The number of nitrogens with one attached hydrogen (secondary N) is 1. The number of rotatable bonds is 5. The third kappa shape index (κ3) is 2.87. The van der Waals surface area contributed by atoms with Crippen LogP contribution in [0.2, 0.25) is 0 Å². The molecule has 9 heteroatoms. The smallest absolute Gasteiger partial charge is 0.244 e. The normalized spacial score (nSPS) is 12.3. The van der Waals surface area contributed by atoms with Gasteiger partial charge in [-0.25, -0.2) is 4.98 Å². The van der Waals surface area contributed by atoms with Gasteiger partial charge < -0.3 is 20.0 Å². The number of imidazole rings is 1. The molecule has 1 atom stereocenters. The van der Waals surface area contributed by atoms with E-state index in [0.717, 1.165) is 5.69 Å². The van der Waals surface area contributed by atoms with Gasteiger partial charge in [0.05, 0.1) is 19.5 Å². The average Bonchev–Trinajstić information content (AvgIpc) is 3.18. The number of hydrogen-bond acceptors (Lipinski definition) is 8. The van der Waals surface area contributed by atoms with E-state index in [2.05, 4.69) is 30.3 Å². The van der Waals surface area contributed by atoms with Gasteiger partial charge in [0.15, 0.2) is 0 Å². The van der Waals surface area contributed by atoms with Crippen LogP contribution in [0, 0.1) is 0 Å². The molecule has 0 aromatic carbocycles. The summed E-state index contributed by atoms with van der Waals surface area (Å²) in [5.74, 6) is 1.08. The van der Waals surface area contributed by atoms with Crippen molar-refractivity contribution in [2.24, 2.45) is 5.73 Å². The van der Waals surface area contributed by atoms with E-state index in [0.29, 0.717) is 29.7 Å². The van der Waals surface area contributed by atoms with E-state index in [-0.39, 0.29) is 0 Å². The van der Waals surface area contributed by atoms with Gasteiger partial charge in [0.25, 0.3) is 0 Å². The van der Waals surface area contributed by atoms with Crippen LogP contribution in [-0.2, 0) is 6.42 Å². The average molecular weight is 287 g/mol. The summed E-state index contributed by atoms with van der Waals surface area (Å²) < 4.78 is 10.1. The number of methoxy groups -OCH3 is 1. The minimum Gasteiger partial charge on any atom is -0.480 e. The van der Waals surface area contributed by atoms with Gasteiger partial charge in [-0.3, -0.25) is 0 Å². The fraction of sp³-hybridized carbons (Fsp3) is 0.250. The Kier molecular flexibility index (Phi) is 3.56. The third-order valence-electron chi connectivity index (χ3n) is 2.83. The number of nitrogens with zero attached hydrogens (tertiary/aromatic N) is 5. The van der Waals surface area contributed by atoms with E-state index in [1.54, 1.807) is 24.7 Å². The van der Waals surface area contributed by atoms with Crippen LogP contribution >= 0.6 is 0 Å². The maximum absolute atomic E-state index is 6.02. The molecule has 0 aliphatic rings. The topological polar surface area (TPSA) is 129 Å². The highest BCUT2D eigenvalue weighted by Gasteiger charge is 2.17. The summed E-state index contributed by atoms with van der Waals surface area (Å²) in [6, 6.07) is 2.95. The Hall–Kier alpha value is -2.81. The van der Waals surface area contributed by atoms with Gasteiger partial charge >= 0.3 is 0 Å². The van der Waals surface area contributed by atoms with Crippen molar-refractivity contribution in [1.29, 1.82) is 0 Å². The number of nitrogens with two attached hydrogens (primary N) is 1. The van der Waals surface area contributed by atoms with Crippen molar-refractivity contribution in [3.8, 4) is 17.4 Å². The van der Waals surface area contributed by atoms with Crippen molar-refractivity contribution in [2.75, 3.05) is 7.11 Å². The van der Waals surface area contributed by atoms with Crippen molar-refractivity contribution in [1.82, 2.24) is 30.3 Å². The van der Waals surface area contributed by atoms with Crippen LogP contribution in [0.25, 0.3) is 11.5 Å². The van der Waals surface area contributed by atoms with Gasteiger partial charge in [-0.1, -0.05) is 5.16 Å². The molecule has 3 aromatic heterocycles. The molecule has 9 nitrogen and oxygen atoms in total. The van der Waals surface area contributed by atoms with Crippen molar-refractivity contribution in [3.05, 3.63) is 36.2 Å². The second-order valence-electron chi connectivity index (χ2n) is 4.30. The van der Waals surface area contributed by atoms with Gasteiger partial charge in [-0.2, -0.15) is 4.98 Å². The summed E-state index contributed by atoms with van der Waals surface area (Å²) in [6.07, 6.45) is 3.82. The molecule has 0 aliphatic carbocycles. The summed E-state index contributed by atoms with van der Waals surface area (Å²) in [6.45, 7) is 0. The molecule has 108 valence electrons. The van der Waals surface area contributed by atoms with Gasteiger partial charge in [-0.05, 0) is 6.07 Å². The number of aromatic amines is 1. The van der Waals surface area contributed by atoms with E-state index in [1.807, 2.05) is 0 Å². The van der Waals surface area contributed by atoms with Crippen LogP contribution in [-0.4, -0.2) is 37.4 Å². The first-order valence-electron chi connectivity index (χ1n) is 6.21. The van der Waals surface area contributed by atoms with Gasteiger partial charge in [-0.15, -0.1) is 10.2 Å². The van der Waals surface area contributed by atoms with Gasteiger partial charge in [0.1, 0.15) is 5.69 Å². The van der Waals surface area contributed by atoms with Crippen molar-refractivity contribution < 1.29 is 9.26 Å². The highest BCUT2D eigenvalue weighted by atomic mass is 16.5. The largest absolute Gasteiger partial charge is 0.480 e. The molecular formula is C12H13N7O2. The molecule has 0 bridgehead atoms. The summed E-state index contributed by atoms with van der Waals surface area (Å²) in [7, 11) is 1.52. The second kappa shape index (κ2) is 5.67. The van der Waals surface area contributed by atoms with Crippen LogP contribution < -0.4 is 10.5 Å². The first kappa shape index (κ1) is 13.2. The molecule has 0 aliphatic heterocycles. The maximum Gasteiger partial charge on any atom is 0.244 e. The quantitative estimate of drug-likeness (QED) is 0.694. The van der Waals surface area contributed by atoms with E-state index in [9.17, 15) is 0 Å². The Morgan fingerprint density at radius 1 is 1.38 bits per heavy atom. The molecule has 1 unspecified atom stereocenters. The van der Waals surface area contributed by atoms with E-state index in [4.69, 9.17) is 15.0 Å². The van der Waals surface area contributed by atoms with E-state index >= 15 is 0 Å². The lowest BCUT2D eigenvalue weighted by Crippen LogP contribution is -2.14. The maximum atomic E-state index is 6.02. The monoisotopic (exact) mass is 287 g/mol. The number of hydrogen-bond donors (Lipinski definition) is 2. The molecule has 0 saturated heterocycles. The zero-order valence-corrected chi connectivity index (χ0v) is 11.2. The Morgan fingerprint density at radius 3 is 2.95 bits per heavy atom. The summed E-state index contributed by atoms with van der Waals surface area (Å²) in [4.78, 5) is 11.1. The lowest BCUT2D eigenvalue weighted by Gasteiger charge is -2.03. The highest BCUT2D eigenvalue weighted by Crippen LogP contribution is 2.18. The molecule has 0 saturated carbocycles. The Morgan fingerprint density at radius 2 is 2.29 bits per heavy atom. The Bertz CT molecular complexity index is 693. The number of H-pyrrole nitrogens is 1. The van der Waals surface area contributed by atoms with Crippen molar-refractivity contribution in [3.63, 3.8) is 0 Å². The minimum atomic E-state index is -0.419. The highest BCUT2D eigenvalue weighted by molar-refractivity contribution is 5.47. The van der Waals surface area contributed by atoms with Crippen molar-refractivity contribution >= 4 is 0 Å². The Labute approximate surface area is 119 Å². The lowest BCUT2D eigenvalue weighted by molar-refractivity contribution is 0.353. The van der Waals surface area contributed by atoms with E-state index < -0.39 is 6.04 Å². The van der Waals surface area contributed by atoms with Crippen LogP contribution in [0.3, 0.4) is 0 Å². The molecule has 3 heterocycles. The second-order valence-corrected chi connectivity index (χ2v) is 4.30. The molecule has 0 radical (unpaired) electrons. The Balaban J connectivity index is 1.75. The molecular weight excluding hydrogens is 274 g/mol. The molecule has 3 aromatic rings. The standard InChI is InChI=1S/C12H13N7O2/c1-20-10-3-2-9(17-18-10)11-16-12(21-19-11)8(13)4-7-5-14-6-15-7/h2-3,5-6,8H,4,13H2,1H3,(H,14,15). The third-order valence-corrected chi connectivity index (χ3v) is 2.83. The van der Waals surface area contributed by atoms with Crippen LogP contribution in [0.1, 0.15) is 17.6 Å². The SMILES string of the molecule is COc1ccc(-c2noc(C(N)Cc3cnc[nH]3)n2)nn1. The van der Waals surface area contributed by atoms with Crippen LogP contribution in [0.5, 0.6) is 5.88 Å². The van der Waals surface area contributed by atoms with Crippen LogP contribution in [0.4, 0.5) is 0 Å². The molecule has 21 heavy (non-hydrogen) atoms. The summed E-state index contributed by atoms with van der Waals surface area (Å²) in [5.41, 5.74) is 7.40. The first-order chi connectivity index (χ1) is 10.3. The zero-order valence-electron chi connectivity index (χ0n) is 11.2. The number of aromatic nitrogens is 6. The fourth-order valence-electron chi connectivity index (χ4n) is 1.76. The molecule has 3 N–H and O–H groups in total. The molecule has 0 amide bonds. The van der Waals surface area contributed by atoms with Crippen molar-refractivity contribution in [2.45, 2.75) is 12.5 Å². The van der Waals surface area contributed by atoms with Gasteiger partial charge in [0.2, 0.25) is 17.6 Å². The van der Waals surface area contributed by atoms with E-state index in [1.165, 1.54) is 7.11 Å². The zero-order chi connectivity index (χ0) is 14.7. The molecule has 0 spiro atoms. The fourth-order valence-corrected chi connectivity index (χ4v) is 1.76. The number of ether oxygens (including phenoxy) is 1. The molecule has 0 fully saturated rings. The van der Waals surface area contributed by atoms with Crippen LogP contribution in [0.15, 0.2) is 29.2 Å². The lowest BCUT2D eigenvalue weighted by atomic mass is 10.2. The summed E-state index contributed by atoms with van der Waals surface area (Å²) >= 11 is 0. The minimum absolute atomic E-state index is 0.331. The van der Waals surface area contributed by atoms with Gasteiger partial charge in [0, 0.05) is 24.4 Å². The predicted molar refractivity (Wildman–Crippen MR) is 71.1 cm³/mol. The first-order valence-corrected chi connectivity index (χ1v) is 6.21. The predicted octanol–water partition coefficient (Wildman–Crippen LogP) is 0.501. The molecule has 3 rings (SSSR count).